The molecule has 0 radical (unpaired) electrons. The number of nitrogens with zero attached hydrogens (tertiary/aromatic N) is 2. The van der Waals surface area contributed by atoms with Crippen molar-refractivity contribution < 1.29 is 40.4 Å². The third kappa shape index (κ3) is 8.72. The molecule has 0 unspecified atom stereocenters. The molecular weight excluding hydrogens is 508 g/mol. The van der Waals surface area contributed by atoms with Crippen LogP contribution in [-0.4, -0.2) is 54.7 Å². The molecule has 2 aromatic carbocycles. The van der Waals surface area contributed by atoms with E-state index in [4.69, 9.17) is 5.11 Å². The maximum Gasteiger partial charge on any atom is 0.267 e. The molecule has 12 heteroatoms. The predicted molar refractivity (Wildman–Crippen MR) is 133 cm³/mol. The van der Waals surface area contributed by atoms with Crippen LogP contribution in [0.4, 0.5) is 0 Å². The van der Waals surface area contributed by atoms with Gasteiger partial charge in [0.2, 0.25) is 5.52 Å². The average molecular weight is 535 g/mol. The summed E-state index contributed by atoms with van der Waals surface area (Å²) in [5, 5.41) is 20.5. The molecule has 0 saturated carbocycles. The number of phenolic OH excluding ortho intramolecular Hbond substituents is 2. The van der Waals surface area contributed by atoms with Crippen LogP contribution in [0.5, 0.6) is 11.5 Å². The van der Waals surface area contributed by atoms with Gasteiger partial charge in [-0.25, -0.2) is 8.42 Å². The second-order valence-electron chi connectivity index (χ2n) is 7.88. The van der Waals surface area contributed by atoms with E-state index >= 15 is 0 Å². The largest absolute Gasteiger partial charge is 0.748 e. The molecule has 2 aromatic heterocycles. The number of pyridine rings is 2. The lowest BCUT2D eigenvalue weighted by molar-refractivity contribution is -0.671. The van der Waals surface area contributed by atoms with E-state index in [9.17, 15) is 26.5 Å². The van der Waals surface area contributed by atoms with E-state index in [0.717, 1.165) is 21.8 Å². The summed E-state index contributed by atoms with van der Waals surface area (Å²) in [5.74, 6) is 0.234. The van der Waals surface area contributed by atoms with E-state index in [2.05, 4.69) is 9.17 Å². The Bertz CT molecular complexity index is 1530. The molecule has 36 heavy (non-hydrogen) atoms. The van der Waals surface area contributed by atoms with Gasteiger partial charge in [0.15, 0.2) is 6.20 Å². The molecule has 5 rings (SSSR count). The minimum atomic E-state index is -4.17. The Kier molecular flexibility index (Phi) is 9.15. The first kappa shape index (κ1) is 27.3. The van der Waals surface area contributed by atoms with Crippen LogP contribution >= 0.6 is 0 Å². The van der Waals surface area contributed by atoms with E-state index in [1.54, 1.807) is 42.7 Å². The number of fused-ring (bicyclic) bond motifs is 2. The zero-order chi connectivity index (χ0) is 26.2. The molecule has 0 bridgehead atoms. The smallest absolute Gasteiger partial charge is 0.267 e. The second-order valence-corrected chi connectivity index (χ2v) is 11.2. The van der Waals surface area contributed by atoms with Crippen LogP contribution in [0, 0.1) is 0 Å². The summed E-state index contributed by atoms with van der Waals surface area (Å²) < 4.78 is 58.2. The molecule has 0 amide bonds. The lowest BCUT2D eigenvalue weighted by Gasteiger charge is -2.05. The van der Waals surface area contributed by atoms with Gasteiger partial charge in [-0.05, 0) is 42.8 Å². The highest BCUT2D eigenvalue weighted by Gasteiger charge is 2.17. The fraction of sp³-hybridized carbons (Fsp3) is 0.250. The third-order valence-corrected chi connectivity index (χ3v) is 7.15. The summed E-state index contributed by atoms with van der Waals surface area (Å²) >= 11 is 0. The molecule has 0 atom stereocenters. The molecule has 2 N–H and O–H groups in total. The van der Waals surface area contributed by atoms with Gasteiger partial charge < -0.3 is 14.8 Å². The Morgan fingerprint density at radius 3 is 2.33 bits per heavy atom. The minimum absolute atomic E-state index is 0.152. The van der Waals surface area contributed by atoms with E-state index in [0.29, 0.717) is 19.6 Å². The van der Waals surface area contributed by atoms with E-state index in [-0.39, 0.29) is 29.4 Å². The van der Waals surface area contributed by atoms with Crippen LogP contribution in [0.2, 0.25) is 0 Å². The van der Waals surface area contributed by atoms with Crippen LogP contribution in [0.15, 0.2) is 73.1 Å². The first-order valence-corrected chi connectivity index (χ1v) is 14.1. The SMILES string of the molecule is O=S(=O)([O-])CCC[n+]1cccc2ccc(O)cc21.O=S1(=O)CCCO1.Oc1ccc2cccnc2c1. The third-order valence-electron chi connectivity index (χ3n) is 5.05. The van der Waals surface area contributed by atoms with Gasteiger partial charge in [-0.2, -0.15) is 13.0 Å². The Morgan fingerprint density at radius 1 is 1.00 bits per heavy atom. The van der Waals surface area contributed by atoms with E-state index < -0.39 is 20.2 Å². The lowest BCUT2D eigenvalue weighted by atomic mass is 10.2. The highest BCUT2D eigenvalue weighted by molar-refractivity contribution is 7.86. The Balaban J connectivity index is 0.000000169. The second kappa shape index (κ2) is 12.1. The van der Waals surface area contributed by atoms with Crippen molar-refractivity contribution in [2.45, 2.75) is 19.4 Å². The van der Waals surface area contributed by atoms with E-state index in [1.807, 2.05) is 34.9 Å². The van der Waals surface area contributed by atoms with Crippen molar-refractivity contribution in [3.05, 3.63) is 73.1 Å². The fourth-order valence-corrected chi connectivity index (χ4v) is 4.84. The van der Waals surface area contributed by atoms with Crippen molar-refractivity contribution >= 4 is 42.0 Å². The molecule has 1 aliphatic rings. The number of phenols is 2. The molecule has 0 spiro atoms. The Labute approximate surface area is 209 Å². The van der Waals surface area contributed by atoms with Crippen LogP contribution in [0.3, 0.4) is 0 Å². The molecule has 0 aliphatic carbocycles. The molecule has 4 aromatic rings. The van der Waals surface area contributed by atoms with Crippen molar-refractivity contribution in [2.24, 2.45) is 0 Å². The monoisotopic (exact) mass is 534 g/mol. The highest BCUT2D eigenvalue weighted by Crippen LogP contribution is 2.17. The predicted octanol–water partition coefficient (Wildman–Crippen LogP) is 2.45. The summed E-state index contributed by atoms with van der Waals surface area (Å²) in [6, 6.07) is 17.7. The van der Waals surface area contributed by atoms with Crippen molar-refractivity contribution in [2.75, 3.05) is 18.1 Å². The van der Waals surface area contributed by atoms with Gasteiger partial charge >= 0.3 is 0 Å². The van der Waals surface area contributed by atoms with Gasteiger partial charge in [0.25, 0.3) is 10.1 Å². The topological polar surface area (TPSA) is 158 Å². The summed E-state index contributed by atoms with van der Waals surface area (Å²) in [6.07, 6.45) is 4.41. The summed E-state index contributed by atoms with van der Waals surface area (Å²) in [6.45, 7) is 0.796. The molecule has 192 valence electrons. The lowest BCUT2D eigenvalue weighted by Crippen LogP contribution is -2.34. The number of aryl methyl sites for hydroxylation is 1. The van der Waals surface area contributed by atoms with Crippen LogP contribution in [0.25, 0.3) is 21.8 Å². The van der Waals surface area contributed by atoms with Gasteiger partial charge in [-0.1, -0.05) is 6.07 Å². The maximum atomic E-state index is 10.5. The molecule has 1 saturated heterocycles. The summed E-state index contributed by atoms with van der Waals surface area (Å²) in [5.41, 5.74) is 1.63. The van der Waals surface area contributed by atoms with Crippen LogP contribution < -0.4 is 4.57 Å². The fourth-order valence-electron chi connectivity index (χ4n) is 3.39. The van der Waals surface area contributed by atoms with Crippen molar-refractivity contribution in [1.29, 1.82) is 0 Å². The van der Waals surface area contributed by atoms with Gasteiger partial charge in [0, 0.05) is 41.3 Å². The number of hydrogen-bond donors (Lipinski definition) is 2. The van der Waals surface area contributed by atoms with Gasteiger partial charge in [-0.15, -0.1) is 0 Å². The zero-order valence-electron chi connectivity index (χ0n) is 19.2. The van der Waals surface area contributed by atoms with Crippen molar-refractivity contribution in [3.8, 4) is 11.5 Å². The molecular formula is C24H26N2O8S2. The van der Waals surface area contributed by atoms with E-state index in [1.165, 1.54) is 0 Å². The van der Waals surface area contributed by atoms with Gasteiger partial charge in [0.1, 0.15) is 18.0 Å². The number of hydrogen-bond acceptors (Lipinski definition) is 9. The van der Waals surface area contributed by atoms with Gasteiger partial charge in [-0.3, -0.25) is 9.17 Å². The minimum Gasteiger partial charge on any atom is -0.748 e. The molecule has 1 fully saturated rings. The van der Waals surface area contributed by atoms with Crippen molar-refractivity contribution in [1.82, 2.24) is 4.98 Å². The highest BCUT2D eigenvalue weighted by atomic mass is 32.2. The molecule has 1 aliphatic heterocycles. The number of aromatic hydroxyl groups is 2. The first-order valence-electron chi connectivity index (χ1n) is 11.0. The number of rotatable bonds is 4. The van der Waals surface area contributed by atoms with Gasteiger partial charge in [0.05, 0.1) is 34.1 Å². The number of aromatic nitrogens is 2. The Morgan fingerprint density at radius 2 is 1.69 bits per heavy atom. The standard InChI is InChI=1S/C12H13NO4S.C9H7NO.C3H6O3S/c14-11-5-4-10-3-1-6-13(12(10)9-11)7-2-8-18(15,16)17;11-8-4-3-7-2-1-5-10-9(7)6-8;4-7(5)3-1-2-6-7/h1,3-6,9H,2,7-8H2,(H,15,16,17);1-6,11H;1-3H2. The zero-order valence-corrected chi connectivity index (χ0v) is 20.9. The molecule has 3 heterocycles. The maximum absolute atomic E-state index is 10.5. The summed E-state index contributed by atoms with van der Waals surface area (Å²) in [7, 11) is -7.21. The molecule has 10 nitrogen and oxygen atoms in total. The quantitative estimate of drug-likeness (QED) is 0.228. The van der Waals surface area contributed by atoms with Crippen LogP contribution in [0.1, 0.15) is 12.8 Å². The first-order chi connectivity index (χ1) is 17.0. The number of benzene rings is 2. The summed E-state index contributed by atoms with van der Waals surface area (Å²) in [4.78, 5) is 4.08. The normalized spacial score (nSPS) is 14.5. The average Bonchev–Trinajstić information content (AvgIpc) is 3.23. The van der Waals surface area contributed by atoms with Crippen LogP contribution in [-0.2, 0) is 31.0 Å². The van der Waals surface area contributed by atoms with Crippen molar-refractivity contribution in [3.63, 3.8) is 0 Å². The Hall–Kier alpha value is -3.32.